The highest BCUT2D eigenvalue weighted by atomic mass is 16.3. The molecule has 0 atom stereocenters. The van der Waals surface area contributed by atoms with Crippen molar-refractivity contribution in [2.75, 3.05) is 0 Å². The van der Waals surface area contributed by atoms with E-state index in [-0.39, 0.29) is 16.6 Å². The lowest BCUT2D eigenvalue weighted by molar-refractivity contribution is 0.488. The largest absolute Gasteiger partial charge is 0.507 e. The van der Waals surface area contributed by atoms with E-state index in [0.717, 1.165) is 16.3 Å². The molecule has 25 heavy (non-hydrogen) atoms. The third-order valence-electron chi connectivity index (χ3n) is 5.43. The molecule has 0 saturated heterocycles. The monoisotopic (exact) mass is 322 g/mol. The average Bonchev–Trinajstić information content (AvgIpc) is 2.65. The molecule has 0 fully saturated rings. The lowest BCUT2D eigenvalue weighted by atomic mass is 9.81. The first-order valence-corrected chi connectivity index (χ1v) is 8.11. The van der Waals surface area contributed by atoms with Crippen molar-refractivity contribution in [3.63, 3.8) is 0 Å². The van der Waals surface area contributed by atoms with Gasteiger partial charge >= 0.3 is 0 Å². The summed E-state index contributed by atoms with van der Waals surface area (Å²) in [4.78, 5) is 26.1. The van der Waals surface area contributed by atoms with Crippen LogP contribution in [0.3, 0.4) is 0 Å². The van der Waals surface area contributed by atoms with Crippen molar-refractivity contribution in [1.29, 1.82) is 0 Å². The zero-order chi connectivity index (χ0) is 16.9. The van der Waals surface area contributed by atoms with Crippen LogP contribution in [0, 0.1) is 0 Å². The maximum atomic E-state index is 13.0. The van der Waals surface area contributed by atoms with E-state index < -0.39 is 0 Å². The predicted molar refractivity (Wildman–Crippen MR) is 101 cm³/mol. The highest BCUT2D eigenvalue weighted by molar-refractivity contribution is 6.31. The molecule has 0 unspecified atom stereocenters. The maximum absolute atomic E-state index is 13.0. The Morgan fingerprint density at radius 2 is 0.920 bits per heavy atom. The van der Waals surface area contributed by atoms with E-state index in [9.17, 15) is 14.7 Å². The van der Waals surface area contributed by atoms with E-state index in [4.69, 9.17) is 0 Å². The number of benzene rings is 6. The average molecular weight is 322 g/mol. The Labute approximate surface area is 140 Å². The van der Waals surface area contributed by atoms with E-state index >= 15 is 0 Å². The first-order valence-electron chi connectivity index (χ1n) is 8.11. The number of phenolic OH excluding ortho intramolecular Hbond substituents is 1. The van der Waals surface area contributed by atoms with Crippen LogP contribution in [0.15, 0.2) is 64.2 Å². The van der Waals surface area contributed by atoms with Gasteiger partial charge in [0.1, 0.15) is 5.75 Å². The Hall–Kier alpha value is -3.46. The molecule has 0 aromatic heterocycles. The number of hydrogen-bond donors (Lipinski definition) is 1. The number of phenols is 1. The van der Waals surface area contributed by atoms with Gasteiger partial charge in [-0.2, -0.15) is 0 Å². The van der Waals surface area contributed by atoms with Crippen LogP contribution in [0.4, 0.5) is 0 Å². The smallest absolute Gasteiger partial charge is 0.194 e. The fourth-order valence-corrected chi connectivity index (χ4v) is 4.43. The standard InChI is InChI=1S/C22H10O3/c23-20-10-4-1-5-11-16(10)19-17-12(20)6-2-8-14(17)22(25)15-9-3-7-13(18(15)19)21(11)24/h1-9,23H. The van der Waals surface area contributed by atoms with E-state index in [2.05, 4.69) is 0 Å². The summed E-state index contributed by atoms with van der Waals surface area (Å²) in [6.45, 7) is 0. The molecular weight excluding hydrogens is 312 g/mol. The molecule has 0 radical (unpaired) electrons. The van der Waals surface area contributed by atoms with Crippen LogP contribution in [-0.2, 0) is 0 Å². The molecule has 3 heteroatoms. The van der Waals surface area contributed by atoms with Crippen LogP contribution < -0.4 is 10.9 Å². The Morgan fingerprint density at radius 3 is 1.40 bits per heavy atom. The Kier molecular flexibility index (Phi) is 2.04. The van der Waals surface area contributed by atoms with Gasteiger partial charge in [0.25, 0.3) is 0 Å². The summed E-state index contributed by atoms with van der Waals surface area (Å²) in [6, 6.07) is 16.2. The molecule has 0 bridgehead atoms. The highest BCUT2D eigenvalue weighted by Gasteiger charge is 2.27. The van der Waals surface area contributed by atoms with Gasteiger partial charge in [0.05, 0.1) is 0 Å². The molecule has 0 spiro atoms. The molecule has 4 aromatic rings. The Morgan fingerprint density at radius 1 is 0.520 bits per heavy atom. The quantitative estimate of drug-likeness (QED) is 0.338. The van der Waals surface area contributed by atoms with E-state index in [0.29, 0.717) is 37.9 Å². The normalized spacial score (nSPS) is 12.5. The van der Waals surface area contributed by atoms with Crippen molar-refractivity contribution in [3.05, 3.63) is 75.0 Å². The minimum atomic E-state index is -0.0964. The molecule has 3 nitrogen and oxygen atoms in total. The van der Waals surface area contributed by atoms with Gasteiger partial charge in [0.2, 0.25) is 0 Å². The van der Waals surface area contributed by atoms with Crippen LogP contribution in [0.25, 0.3) is 54.2 Å². The molecule has 0 heterocycles. The molecule has 1 N–H and O–H groups in total. The topological polar surface area (TPSA) is 54.4 Å². The molecule has 0 saturated carbocycles. The molecule has 0 amide bonds. The zero-order valence-corrected chi connectivity index (χ0v) is 13.0. The van der Waals surface area contributed by atoms with Crippen molar-refractivity contribution in [2.45, 2.75) is 0 Å². The lowest BCUT2D eigenvalue weighted by Gasteiger charge is -2.21. The van der Waals surface area contributed by atoms with Gasteiger partial charge in [-0.05, 0) is 0 Å². The zero-order valence-electron chi connectivity index (χ0n) is 13.0. The minimum Gasteiger partial charge on any atom is -0.507 e. The maximum Gasteiger partial charge on any atom is 0.194 e. The lowest BCUT2D eigenvalue weighted by Crippen LogP contribution is -2.13. The minimum absolute atomic E-state index is 0.0964. The SMILES string of the molecule is O=c1c2cccc3c2-c2c4c(cccc14)c(O)c1cccc(c3=O)c21. The molecule has 0 aliphatic heterocycles. The van der Waals surface area contributed by atoms with Crippen molar-refractivity contribution in [3.8, 4) is 16.9 Å². The first kappa shape index (κ1) is 12.9. The molecule has 2 aliphatic rings. The fourth-order valence-electron chi connectivity index (χ4n) is 4.43. The summed E-state index contributed by atoms with van der Waals surface area (Å²) in [5, 5.41) is 15.9. The summed E-state index contributed by atoms with van der Waals surface area (Å²) >= 11 is 0. The van der Waals surface area contributed by atoms with Crippen molar-refractivity contribution >= 4 is 43.1 Å². The van der Waals surface area contributed by atoms with Gasteiger partial charge in [0.15, 0.2) is 10.9 Å². The number of rotatable bonds is 0. The van der Waals surface area contributed by atoms with Crippen molar-refractivity contribution < 1.29 is 5.11 Å². The third-order valence-corrected chi connectivity index (χ3v) is 5.43. The van der Waals surface area contributed by atoms with E-state index in [1.165, 1.54) is 0 Å². The van der Waals surface area contributed by atoms with Gasteiger partial charge in [0, 0.05) is 54.2 Å². The van der Waals surface area contributed by atoms with Crippen LogP contribution >= 0.6 is 0 Å². The second-order valence-corrected chi connectivity index (χ2v) is 6.57. The second-order valence-electron chi connectivity index (χ2n) is 6.57. The molecule has 116 valence electrons. The summed E-state index contributed by atoms with van der Waals surface area (Å²) in [5.41, 5.74) is 1.42. The van der Waals surface area contributed by atoms with E-state index in [1.54, 1.807) is 42.5 Å². The Balaban J connectivity index is 2.23. The first-order chi connectivity index (χ1) is 12.2. The van der Waals surface area contributed by atoms with Crippen LogP contribution in [0.1, 0.15) is 0 Å². The van der Waals surface area contributed by atoms with Gasteiger partial charge in [-0.25, -0.2) is 0 Å². The summed E-state index contributed by atoms with van der Waals surface area (Å²) < 4.78 is 0. The number of aromatic hydroxyl groups is 1. The number of hydrogen-bond acceptors (Lipinski definition) is 3. The highest BCUT2D eigenvalue weighted by Crippen LogP contribution is 2.48. The molecule has 6 rings (SSSR count). The summed E-state index contributed by atoms with van der Waals surface area (Å²) in [6.07, 6.45) is 0. The summed E-state index contributed by atoms with van der Waals surface area (Å²) in [5.74, 6) is 0.126. The molecular formula is C22H10O3. The third kappa shape index (κ3) is 1.27. The van der Waals surface area contributed by atoms with Crippen LogP contribution in [0.2, 0.25) is 0 Å². The second kappa shape index (κ2) is 3.95. The molecule has 4 aromatic carbocycles. The molecule has 2 aliphatic carbocycles. The van der Waals surface area contributed by atoms with Gasteiger partial charge in [-0.15, -0.1) is 0 Å². The van der Waals surface area contributed by atoms with Gasteiger partial charge in [-0.1, -0.05) is 54.6 Å². The van der Waals surface area contributed by atoms with Crippen LogP contribution in [0.5, 0.6) is 5.75 Å². The van der Waals surface area contributed by atoms with Gasteiger partial charge in [-0.3, -0.25) is 9.59 Å². The van der Waals surface area contributed by atoms with Crippen molar-refractivity contribution in [1.82, 2.24) is 0 Å². The van der Waals surface area contributed by atoms with E-state index in [1.807, 2.05) is 12.1 Å². The summed E-state index contributed by atoms with van der Waals surface area (Å²) in [7, 11) is 0. The van der Waals surface area contributed by atoms with Gasteiger partial charge < -0.3 is 5.11 Å². The van der Waals surface area contributed by atoms with Crippen molar-refractivity contribution in [2.24, 2.45) is 0 Å². The predicted octanol–water partition coefficient (Wildman–Crippen LogP) is 4.14. The van der Waals surface area contributed by atoms with Crippen LogP contribution in [-0.4, -0.2) is 5.11 Å². The fraction of sp³-hybridized carbons (Fsp3) is 0. The Bertz CT molecular complexity index is 1420.